The van der Waals surface area contributed by atoms with Gasteiger partial charge in [0.25, 0.3) is 0 Å². The molecule has 0 heterocycles. The molecular weight excluding hydrogens is 294 g/mol. The molecule has 1 fully saturated rings. The number of rotatable bonds is 4. The topological polar surface area (TPSA) is 55.4 Å². The zero-order valence-electron chi connectivity index (χ0n) is 8.73. The molecule has 0 spiro atoms. The third-order valence-corrected chi connectivity index (χ3v) is 3.29. The molecule has 2 rings (SSSR count). The van der Waals surface area contributed by atoms with E-state index in [2.05, 4.69) is 20.7 Å². The monoisotopic (exact) mass is 305 g/mol. The summed E-state index contributed by atoms with van der Waals surface area (Å²) in [6, 6.07) is 5.27. The van der Waals surface area contributed by atoms with Crippen LogP contribution in [-0.4, -0.2) is 20.8 Å². The van der Waals surface area contributed by atoms with Crippen LogP contribution < -0.4 is 9.46 Å². The van der Waals surface area contributed by atoms with Crippen LogP contribution in [0.2, 0.25) is 0 Å². The Balaban J connectivity index is 2.31. The van der Waals surface area contributed by atoms with Gasteiger partial charge in [-0.1, -0.05) is 6.07 Å². The first-order chi connectivity index (χ1) is 7.46. The average molecular weight is 306 g/mol. The van der Waals surface area contributed by atoms with Crippen molar-refractivity contribution in [3.05, 3.63) is 22.7 Å². The fourth-order valence-electron chi connectivity index (χ4n) is 1.26. The maximum atomic E-state index is 11.2. The molecule has 88 valence electrons. The van der Waals surface area contributed by atoms with Crippen molar-refractivity contribution in [2.75, 3.05) is 11.0 Å². The van der Waals surface area contributed by atoms with Gasteiger partial charge in [-0.15, -0.1) is 0 Å². The number of nitrogens with one attached hydrogen (secondary N) is 1. The molecule has 6 heteroatoms. The van der Waals surface area contributed by atoms with Crippen LogP contribution in [0.4, 0.5) is 5.69 Å². The number of benzene rings is 1. The third-order valence-electron chi connectivity index (χ3n) is 2.07. The Morgan fingerprint density at radius 1 is 1.44 bits per heavy atom. The second-order valence-corrected chi connectivity index (χ2v) is 6.41. The number of hydrogen-bond acceptors (Lipinski definition) is 3. The first-order valence-electron chi connectivity index (χ1n) is 4.89. The minimum atomic E-state index is -3.28. The standard InChI is InChI=1S/C10H12BrNO3S/c1-16(13,14)12-9-4-2-3-8(11)10(9)15-7-5-6-7/h2-4,7,12H,5-6H2,1H3. The summed E-state index contributed by atoms with van der Waals surface area (Å²) in [5, 5.41) is 0. The molecule has 4 nitrogen and oxygen atoms in total. The lowest BCUT2D eigenvalue weighted by Gasteiger charge is -2.13. The Morgan fingerprint density at radius 2 is 2.12 bits per heavy atom. The van der Waals surface area contributed by atoms with Gasteiger partial charge in [0.05, 0.1) is 22.5 Å². The zero-order valence-corrected chi connectivity index (χ0v) is 11.1. The number of para-hydroxylation sites is 1. The van der Waals surface area contributed by atoms with E-state index in [0.717, 1.165) is 23.6 Å². The summed E-state index contributed by atoms with van der Waals surface area (Å²) in [5.74, 6) is 0.565. The Morgan fingerprint density at radius 3 is 2.69 bits per heavy atom. The first kappa shape index (κ1) is 11.7. The highest BCUT2D eigenvalue weighted by molar-refractivity contribution is 9.10. The maximum Gasteiger partial charge on any atom is 0.229 e. The Hall–Kier alpha value is -0.750. The van der Waals surface area contributed by atoms with Gasteiger partial charge in [-0.25, -0.2) is 8.42 Å². The van der Waals surface area contributed by atoms with Gasteiger partial charge in [0.1, 0.15) is 0 Å². The summed E-state index contributed by atoms with van der Waals surface area (Å²) >= 11 is 3.35. The van der Waals surface area contributed by atoms with Crippen molar-refractivity contribution in [3.63, 3.8) is 0 Å². The predicted octanol–water partition coefficient (Wildman–Crippen LogP) is 2.36. The predicted molar refractivity (Wildman–Crippen MR) is 66.3 cm³/mol. The summed E-state index contributed by atoms with van der Waals surface area (Å²) in [6.45, 7) is 0. The molecule has 16 heavy (non-hydrogen) atoms. The normalized spacial score (nSPS) is 15.9. The van der Waals surface area contributed by atoms with Gasteiger partial charge in [-0.3, -0.25) is 4.72 Å². The van der Waals surface area contributed by atoms with Crippen LogP contribution in [0.3, 0.4) is 0 Å². The highest BCUT2D eigenvalue weighted by Crippen LogP contribution is 2.38. The molecule has 1 aliphatic carbocycles. The van der Waals surface area contributed by atoms with Gasteiger partial charge >= 0.3 is 0 Å². The van der Waals surface area contributed by atoms with Crippen LogP contribution in [0, 0.1) is 0 Å². The number of anilines is 1. The van der Waals surface area contributed by atoms with E-state index in [4.69, 9.17) is 4.74 Å². The average Bonchev–Trinajstić information content (AvgIpc) is 2.92. The molecule has 1 aromatic carbocycles. The van der Waals surface area contributed by atoms with Crippen molar-refractivity contribution in [3.8, 4) is 5.75 Å². The summed E-state index contributed by atoms with van der Waals surface area (Å²) in [7, 11) is -3.28. The SMILES string of the molecule is CS(=O)(=O)Nc1cccc(Br)c1OC1CC1. The van der Waals surface area contributed by atoms with Gasteiger partial charge in [0, 0.05) is 0 Å². The van der Waals surface area contributed by atoms with Crippen molar-refractivity contribution in [2.24, 2.45) is 0 Å². The quantitative estimate of drug-likeness (QED) is 0.929. The van der Waals surface area contributed by atoms with Crippen molar-refractivity contribution < 1.29 is 13.2 Å². The number of hydrogen-bond donors (Lipinski definition) is 1. The molecule has 0 aliphatic heterocycles. The van der Waals surface area contributed by atoms with E-state index in [1.807, 2.05) is 6.07 Å². The van der Waals surface area contributed by atoms with Gasteiger partial charge in [0.15, 0.2) is 5.75 Å². The Kier molecular flexibility index (Phi) is 3.12. The van der Waals surface area contributed by atoms with E-state index in [0.29, 0.717) is 11.4 Å². The van der Waals surface area contributed by atoms with Gasteiger partial charge in [-0.05, 0) is 40.9 Å². The summed E-state index contributed by atoms with van der Waals surface area (Å²) in [6.07, 6.45) is 3.40. The fraction of sp³-hybridized carbons (Fsp3) is 0.400. The van der Waals surface area contributed by atoms with E-state index in [1.54, 1.807) is 12.1 Å². The minimum absolute atomic E-state index is 0.221. The summed E-state index contributed by atoms with van der Waals surface area (Å²) in [4.78, 5) is 0. The molecule has 0 amide bonds. The zero-order chi connectivity index (χ0) is 11.8. The molecule has 1 saturated carbocycles. The maximum absolute atomic E-state index is 11.2. The van der Waals surface area contributed by atoms with Crippen molar-refractivity contribution in [1.29, 1.82) is 0 Å². The van der Waals surface area contributed by atoms with E-state index < -0.39 is 10.0 Å². The largest absolute Gasteiger partial charge is 0.487 e. The van der Waals surface area contributed by atoms with E-state index in [9.17, 15) is 8.42 Å². The van der Waals surface area contributed by atoms with Crippen molar-refractivity contribution in [1.82, 2.24) is 0 Å². The van der Waals surface area contributed by atoms with Crippen LogP contribution in [0.1, 0.15) is 12.8 Å². The molecule has 0 unspecified atom stereocenters. The van der Waals surface area contributed by atoms with Gasteiger partial charge < -0.3 is 4.74 Å². The molecule has 0 saturated heterocycles. The van der Waals surface area contributed by atoms with Crippen LogP contribution >= 0.6 is 15.9 Å². The highest BCUT2D eigenvalue weighted by atomic mass is 79.9. The Bertz CT molecular complexity index is 497. The highest BCUT2D eigenvalue weighted by Gasteiger charge is 2.26. The van der Waals surface area contributed by atoms with Crippen LogP contribution in [0.5, 0.6) is 5.75 Å². The number of ether oxygens (including phenoxy) is 1. The molecule has 1 aromatic rings. The fourth-order valence-corrected chi connectivity index (χ4v) is 2.28. The summed E-state index contributed by atoms with van der Waals surface area (Å²) in [5.41, 5.74) is 0.476. The summed E-state index contributed by atoms with van der Waals surface area (Å²) < 4.78 is 31.2. The van der Waals surface area contributed by atoms with Crippen molar-refractivity contribution in [2.45, 2.75) is 18.9 Å². The second kappa shape index (κ2) is 4.25. The smallest absolute Gasteiger partial charge is 0.229 e. The Labute approximate surface area is 103 Å². The lowest BCUT2D eigenvalue weighted by Crippen LogP contribution is -2.11. The van der Waals surface area contributed by atoms with Crippen LogP contribution in [0.25, 0.3) is 0 Å². The van der Waals surface area contributed by atoms with Crippen molar-refractivity contribution >= 4 is 31.6 Å². The van der Waals surface area contributed by atoms with Gasteiger partial charge in [-0.2, -0.15) is 0 Å². The number of sulfonamides is 1. The molecule has 0 aromatic heterocycles. The third kappa shape index (κ3) is 3.12. The molecule has 1 N–H and O–H groups in total. The molecule has 0 radical (unpaired) electrons. The van der Waals surface area contributed by atoms with E-state index >= 15 is 0 Å². The first-order valence-corrected chi connectivity index (χ1v) is 7.57. The van der Waals surface area contributed by atoms with E-state index in [-0.39, 0.29) is 6.10 Å². The van der Waals surface area contributed by atoms with E-state index in [1.165, 1.54) is 0 Å². The molecular formula is C10H12BrNO3S. The second-order valence-electron chi connectivity index (χ2n) is 3.81. The minimum Gasteiger partial charge on any atom is -0.487 e. The van der Waals surface area contributed by atoms with Crippen LogP contribution in [-0.2, 0) is 10.0 Å². The van der Waals surface area contributed by atoms with Gasteiger partial charge in [0.2, 0.25) is 10.0 Å². The number of halogens is 1. The molecule has 0 bridgehead atoms. The van der Waals surface area contributed by atoms with Crippen LogP contribution in [0.15, 0.2) is 22.7 Å². The lowest BCUT2D eigenvalue weighted by molar-refractivity contribution is 0.303. The molecule has 1 aliphatic rings. The lowest BCUT2D eigenvalue weighted by atomic mass is 10.3. The molecule has 0 atom stereocenters.